The molecule has 0 saturated heterocycles. The summed E-state index contributed by atoms with van der Waals surface area (Å²) < 4.78 is 16.3. The van der Waals surface area contributed by atoms with E-state index in [1.807, 2.05) is 0 Å². The van der Waals surface area contributed by atoms with Crippen LogP contribution in [-0.4, -0.2) is 24.5 Å². The molecule has 4 aliphatic rings. The topological polar surface area (TPSA) is 94.8 Å². The number of carbonyl (C=O) groups excluding carboxylic acids is 2. The van der Waals surface area contributed by atoms with Gasteiger partial charge in [0.25, 0.3) is 0 Å². The molecular weight excluding hydrogens is 398 g/mol. The van der Waals surface area contributed by atoms with Crippen molar-refractivity contribution < 1.29 is 23.5 Å². The standard InChI is InChI=1S/C24H27NO6/c1-14(26)25-24-10-15-5-16(11-24)9-23(8-15,13-24)22(28)30-12-17-6-21(27)31-20-7-18(29-2)3-4-19(17)20/h3-4,6-7,15-16H,5,8-13H2,1-2H3,(H,25,26)/t15-,16-,23?,24?/m1/s1. The molecule has 7 heteroatoms. The highest BCUT2D eigenvalue weighted by molar-refractivity contribution is 5.82. The molecule has 0 unspecified atom stereocenters. The molecule has 4 saturated carbocycles. The zero-order valence-electron chi connectivity index (χ0n) is 17.9. The van der Waals surface area contributed by atoms with Gasteiger partial charge in [-0.05, 0) is 62.5 Å². The molecule has 0 aliphatic heterocycles. The Kier molecular flexibility index (Phi) is 4.61. The van der Waals surface area contributed by atoms with Gasteiger partial charge in [-0.2, -0.15) is 0 Å². The molecule has 1 heterocycles. The quantitative estimate of drug-likeness (QED) is 0.583. The van der Waals surface area contributed by atoms with Gasteiger partial charge in [0.1, 0.15) is 17.9 Å². The summed E-state index contributed by atoms with van der Waals surface area (Å²) in [5, 5.41) is 3.89. The van der Waals surface area contributed by atoms with E-state index in [1.54, 1.807) is 32.2 Å². The number of ether oxygens (including phenoxy) is 2. The highest BCUT2D eigenvalue weighted by atomic mass is 16.5. The maximum absolute atomic E-state index is 13.4. The van der Waals surface area contributed by atoms with Gasteiger partial charge in [-0.15, -0.1) is 0 Å². The third kappa shape index (κ3) is 3.50. The molecule has 2 atom stereocenters. The van der Waals surface area contributed by atoms with Gasteiger partial charge in [0.15, 0.2) is 0 Å². The van der Waals surface area contributed by atoms with E-state index in [0.717, 1.165) is 32.1 Å². The van der Waals surface area contributed by atoms with Crippen molar-refractivity contribution >= 4 is 22.8 Å². The van der Waals surface area contributed by atoms with E-state index in [9.17, 15) is 14.4 Å². The summed E-state index contributed by atoms with van der Waals surface area (Å²) >= 11 is 0. The van der Waals surface area contributed by atoms with E-state index in [1.165, 1.54) is 6.07 Å². The van der Waals surface area contributed by atoms with Gasteiger partial charge in [-0.3, -0.25) is 9.59 Å². The molecule has 1 aromatic heterocycles. The van der Waals surface area contributed by atoms with Crippen molar-refractivity contribution in [2.24, 2.45) is 17.3 Å². The van der Waals surface area contributed by atoms with Crippen molar-refractivity contribution in [2.45, 2.75) is 57.6 Å². The smallest absolute Gasteiger partial charge is 0.336 e. The first-order valence-electron chi connectivity index (χ1n) is 10.9. The van der Waals surface area contributed by atoms with Crippen molar-refractivity contribution in [1.29, 1.82) is 0 Å². The van der Waals surface area contributed by atoms with Crippen LogP contribution in [0.5, 0.6) is 5.75 Å². The van der Waals surface area contributed by atoms with E-state index in [2.05, 4.69) is 5.32 Å². The SMILES string of the molecule is COc1ccc2c(COC(=O)C34C[C@H]5C[C@@H](CC(NC(C)=O)(C5)C3)C4)cc(=O)oc2c1. The fraction of sp³-hybridized carbons (Fsp3) is 0.542. The minimum atomic E-state index is -0.551. The summed E-state index contributed by atoms with van der Waals surface area (Å²) in [5.74, 6) is 1.21. The van der Waals surface area contributed by atoms with Crippen LogP contribution < -0.4 is 15.7 Å². The number of benzene rings is 1. The summed E-state index contributed by atoms with van der Waals surface area (Å²) in [5.41, 5.74) is -0.316. The van der Waals surface area contributed by atoms with Crippen LogP contribution in [0.2, 0.25) is 0 Å². The Morgan fingerprint density at radius 3 is 2.58 bits per heavy atom. The number of amides is 1. The average molecular weight is 425 g/mol. The Labute approximate surface area is 180 Å². The molecule has 0 spiro atoms. The molecule has 164 valence electrons. The van der Waals surface area contributed by atoms with Crippen molar-refractivity contribution in [2.75, 3.05) is 7.11 Å². The van der Waals surface area contributed by atoms with E-state index in [-0.39, 0.29) is 24.0 Å². The highest BCUT2D eigenvalue weighted by Gasteiger charge is 2.61. The number of methoxy groups -OCH3 is 1. The highest BCUT2D eigenvalue weighted by Crippen LogP contribution is 2.62. The summed E-state index contributed by atoms with van der Waals surface area (Å²) in [6.07, 6.45) is 5.30. The first-order chi connectivity index (χ1) is 14.8. The lowest BCUT2D eigenvalue weighted by atomic mass is 9.47. The fourth-order valence-corrected chi connectivity index (χ4v) is 6.77. The number of rotatable bonds is 5. The van der Waals surface area contributed by atoms with Crippen LogP contribution in [0.15, 0.2) is 33.5 Å². The molecular formula is C24H27NO6. The van der Waals surface area contributed by atoms with Crippen LogP contribution in [0.3, 0.4) is 0 Å². The number of fused-ring (bicyclic) bond motifs is 1. The summed E-state index contributed by atoms with van der Waals surface area (Å²) in [6.45, 7) is 1.56. The molecule has 31 heavy (non-hydrogen) atoms. The maximum Gasteiger partial charge on any atom is 0.336 e. The van der Waals surface area contributed by atoms with Crippen LogP contribution >= 0.6 is 0 Å². The Hall–Kier alpha value is -2.83. The number of hydrogen-bond donors (Lipinski definition) is 1. The number of nitrogens with one attached hydrogen (secondary N) is 1. The molecule has 6 rings (SSSR count). The number of carbonyl (C=O) groups is 2. The third-order valence-electron chi connectivity index (χ3n) is 7.33. The molecule has 4 fully saturated rings. The molecule has 2 aromatic rings. The van der Waals surface area contributed by atoms with Crippen molar-refractivity contribution in [1.82, 2.24) is 5.32 Å². The van der Waals surface area contributed by atoms with Gasteiger partial charge >= 0.3 is 11.6 Å². The molecule has 4 aliphatic carbocycles. The molecule has 4 bridgehead atoms. The normalized spacial score (nSPS) is 30.9. The first-order valence-corrected chi connectivity index (χ1v) is 10.9. The Bertz CT molecular complexity index is 1100. The van der Waals surface area contributed by atoms with Gasteiger partial charge in [-0.1, -0.05) is 0 Å². The summed E-state index contributed by atoms with van der Waals surface area (Å²) in [7, 11) is 1.55. The minimum Gasteiger partial charge on any atom is -0.497 e. The molecule has 1 amide bonds. The van der Waals surface area contributed by atoms with Gasteiger partial charge in [0.05, 0.1) is 12.5 Å². The van der Waals surface area contributed by atoms with E-state index in [0.29, 0.717) is 40.5 Å². The lowest BCUT2D eigenvalue weighted by Gasteiger charge is -2.60. The Balaban J connectivity index is 1.39. The fourth-order valence-electron chi connectivity index (χ4n) is 6.77. The summed E-state index contributed by atoms with van der Waals surface area (Å²) in [6, 6.07) is 6.61. The number of hydrogen-bond acceptors (Lipinski definition) is 6. The second-order valence-electron chi connectivity index (χ2n) is 9.73. The number of esters is 1. The lowest BCUT2D eigenvalue weighted by molar-refractivity contribution is -0.177. The van der Waals surface area contributed by atoms with Crippen molar-refractivity contribution in [3.05, 3.63) is 40.2 Å². The van der Waals surface area contributed by atoms with Crippen molar-refractivity contribution in [3.8, 4) is 5.75 Å². The predicted molar refractivity (Wildman–Crippen MR) is 112 cm³/mol. The van der Waals surface area contributed by atoms with Gasteiger partial charge in [0.2, 0.25) is 5.91 Å². The zero-order valence-corrected chi connectivity index (χ0v) is 17.9. The van der Waals surface area contributed by atoms with Crippen LogP contribution in [0.25, 0.3) is 11.0 Å². The lowest BCUT2D eigenvalue weighted by Crippen LogP contribution is -2.64. The maximum atomic E-state index is 13.4. The second-order valence-corrected chi connectivity index (χ2v) is 9.73. The Morgan fingerprint density at radius 1 is 1.16 bits per heavy atom. The van der Waals surface area contributed by atoms with E-state index >= 15 is 0 Å². The monoisotopic (exact) mass is 425 g/mol. The predicted octanol–water partition coefficient (Wildman–Crippen LogP) is 3.32. The van der Waals surface area contributed by atoms with E-state index in [4.69, 9.17) is 13.9 Å². The minimum absolute atomic E-state index is 0.0114. The van der Waals surface area contributed by atoms with Gasteiger partial charge in [-0.25, -0.2) is 4.79 Å². The zero-order chi connectivity index (χ0) is 21.8. The van der Waals surface area contributed by atoms with Crippen LogP contribution in [-0.2, 0) is 20.9 Å². The van der Waals surface area contributed by atoms with Crippen LogP contribution in [0.4, 0.5) is 0 Å². The molecule has 0 radical (unpaired) electrons. The molecule has 7 nitrogen and oxygen atoms in total. The molecule has 1 N–H and O–H groups in total. The molecule has 1 aromatic carbocycles. The third-order valence-corrected chi connectivity index (χ3v) is 7.33. The Morgan fingerprint density at radius 2 is 1.90 bits per heavy atom. The van der Waals surface area contributed by atoms with Crippen molar-refractivity contribution in [3.63, 3.8) is 0 Å². The van der Waals surface area contributed by atoms with Gasteiger partial charge in [0, 0.05) is 35.5 Å². The van der Waals surface area contributed by atoms with E-state index < -0.39 is 11.0 Å². The van der Waals surface area contributed by atoms with Crippen LogP contribution in [0.1, 0.15) is 51.0 Å². The largest absolute Gasteiger partial charge is 0.497 e. The first kappa shape index (κ1) is 20.1. The van der Waals surface area contributed by atoms with Gasteiger partial charge < -0.3 is 19.2 Å². The second kappa shape index (κ2) is 7.11. The van der Waals surface area contributed by atoms with Crippen LogP contribution in [0, 0.1) is 17.3 Å². The average Bonchev–Trinajstić information content (AvgIpc) is 2.69. The summed E-state index contributed by atoms with van der Waals surface area (Å²) in [4.78, 5) is 37.2.